The first kappa shape index (κ1) is 39.5. The van der Waals surface area contributed by atoms with Gasteiger partial charge in [0.05, 0.1) is 19.1 Å². The first-order valence-electron chi connectivity index (χ1n) is 14.9. The Hall–Kier alpha value is -4.57. The molecular formula is C30H47N7O9. The summed E-state index contributed by atoms with van der Waals surface area (Å²) in [5, 5.41) is 31.2. The molecule has 6 unspecified atom stereocenters. The lowest BCUT2D eigenvalue weighted by Gasteiger charge is -2.28. The quantitative estimate of drug-likeness (QED) is 0.0770. The third-order valence-corrected chi connectivity index (χ3v) is 6.75. The Labute approximate surface area is 267 Å². The number of benzene rings is 1. The summed E-state index contributed by atoms with van der Waals surface area (Å²) in [7, 11) is 0. The Bertz CT molecular complexity index is 1220. The SMILES string of the molecule is CC(C)CC(NC(=O)C(NC(=O)C(CC(N)=O)NC(=O)C(Cc1ccccc1)NC(=O)C(CO)NC(=O)C(C)N)C(C)C)C(=O)O. The second-order valence-electron chi connectivity index (χ2n) is 11.8. The van der Waals surface area contributed by atoms with Gasteiger partial charge in [0.15, 0.2) is 0 Å². The zero-order chi connectivity index (χ0) is 35.1. The molecule has 16 nitrogen and oxygen atoms in total. The number of amides is 6. The van der Waals surface area contributed by atoms with Crippen molar-refractivity contribution in [3.63, 3.8) is 0 Å². The van der Waals surface area contributed by atoms with E-state index < -0.39 is 96.6 Å². The van der Waals surface area contributed by atoms with Gasteiger partial charge in [0.25, 0.3) is 0 Å². The summed E-state index contributed by atoms with van der Waals surface area (Å²) in [5.41, 5.74) is 11.5. The van der Waals surface area contributed by atoms with Gasteiger partial charge in [0.1, 0.15) is 30.2 Å². The molecule has 0 aliphatic heterocycles. The van der Waals surface area contributed by atoms with E-state index in [1.165, 1.54) is 6.92 Å². The number of nitrogens with one attached hydrogen (secondary N) is 5. The largest absolute Gasteiger partial charge is 0.480 e. The molecule has 1 rings (SSSR count). The van der Waals surface area contributed by atoms with Gasteiger partial charge in [0.2, 0.25) is 35.4 Å². The minimum absolute atomic E-state index is 0.0545. The number of aliphatic carboxylic acids is 1. The van der Waals surface area contributed by atoms with Crippen LogP contribution in [0.25, 0.3) is 0 Å². The van der Waals surface area contributed by atoms with Crippen molar-refractivity contribution in [3.8, 4) is 0 Å². The summed E-state index contributed by atoms with van der Waals surface area (Å²) in [6.45, 7) is 7.36. The molecule has 0 aromatic heterocycles. The summed E-state index contributed by atoms with van der Waals surface area (Å²) in [4.78, 5) is 88.5. The monoisotopic (exact) mass is 649 g/mol. The van der Waals surface area contributed by atoms with Gasteiger partial charge in [-0.3, -0.25) is 28.8 Å². The van der Waals surface area contributed by atoms with E-state index in [-0.39, 0.29) is 18.8 Å². The van der Waals surface area contributed by atoms with Gasteiger partial charge in [-0.25, -0.2) is 4.79 Å². The number of aliphatic hydroxyl groups is 1. The van der Waals surface area contributed by atoms with Crippen molar-refractivity contribution in [1.82, 2.24) is 26.6 Å². The lowest BCUT2D eigenvalue weighted by atomic mass is 9.99. The van der Waals surface area contributed by atoms with Crippen molar-refractivity contribution in [2.45, 2.75) is 90.1 Å². The number of aliphatic hydroxyl groups excluding tert-OH is 1. The van der Waals surface area contributed by atoms with Crippen molar-refractivity contribution < 1.29 is 43.8 Å². The molecule has 0 aliphatic carbocycles. The topological polar surface area (TPSA) is 272 Å². The Kier molecular flexibility index (Phi) is 16.3. The van der Waals surface area contributed by atoms with Crippen LogP contribution < -0.4 is 38.1 Å². The fourth-order valence-electron chi connectivity index (χ4n) is 4.25. The zero-order valence-corrected chi connectivity index (χ0v) is 26.7. The molecule has 46 heavy (non-hydrogen) atoms. The molecule has 0 saturated carbocycles. The summed E-state index contributed by atoms with van der Waals surface area (Å²) < 4.78 is 0. The molecule has 0 heterocycles. The third kappa shape index (κ3) is 13.6. The van der Waals surface area contributed by atoms with E-state index >= 15 is 0 Å². The summed E-state index contributed by atoms with van der Waals surface area (Å²) >= 11 is 0. The molecule has 0 spiro atoms. The summed E-state index contributed by atoms with van der Waals surface area (Å²) in [6.07, 6.45) is -0.627. The Morgan fingerprint density at radius 1 is 0.696 bits per heavy atom. The average Bonchev–Trinajstić information content (AvgIpc) is 2.96. The summed E-state index contributed by atoms with van der Waals surface area (Å²) in [6, 6.07) is 0.631. The number of hydrogen-bond acceptors (Lipinski definition) is 9. The maximum atomic E-state index is 13.5. The highest BCUT2D eigenvalue weighted by Crippen LogP contribution is 2.10. The predicted octanol–water partition coefficient (Wildman–Crippen LogP) is -2.35. The van der Waals surface area contributed by atoms with Crippen molar-refractivity contribution in [2.75, 3.05) is 6.61 Å². The van der Waals surface area contributed by atoms with Gasteiger partial charge in [-0.05, 0) is 30.7 Å². The molecule has 0 saturated heterocycles. The molecule has 16 heteroatoms. The summed E-state index contributed by atoms with van der Waals surface area (Å²) in [5.74, 6) is -7.10. The molecule has 0 bridgehead atoms. The van der Waals surface area contributed by atoms with Crippen LogP contribution in [0.4, 0.5) is 0 Å². The Morgan fingerprint density at radius 2 is 1.20 bits per heavy atom. The predicted molar refractivity (Wildman–Crippen MR) is 166 cm³/mol. The van der Waals surface area contributed by atoms with Crippen LogP contribution in [-0.4, -0.2) is 94.5 Å². The van der Waals surface area contributed by atoms with Gasteiger partial charge in [-0.1, -0.05) is 58.0 Å². The van der Waals surface area contributed by atoms with Crippen molar-refractivity contribution in [2.24, 2.45) is 23.3 Å². The lowest BCUT2D eigenvalue weighted by molar-refractivity contribution is -0.143. The Balaban J connectivity index is 3.26. The highest BCUT2D eigenvalue weighted by molar-refractivity contribution is 5.98. The highest BCUT2D eigenvalue weighted by atomic mass is 16.4. The second-order valence-corrected chi connectivity index (χ2v) is 11.8. The normalized spacial score (nSPS) is 15.0. The number of carbonyl (C=O) groups excluding carboxylic acids is 6. The molecule has 0 fully saturated rings. The number of carboxylic acids is 1. The van der Waals surface area contributed by atoms with Gasteiger partial charge in [0, 0.05) is 6.42 Å². The number of nitrogens with two attached hydrogens (primary N) is 2. The van der Waals surface area contributed by atoms with Crippen LogP contribution >= 0.6 is 0 Å². The fraction of sp³-hybridized carbons (Fsp3) is 0.567. The van der Waals surface area contributed by atoms with Gasteiger partial charge >= 0.3 is 5.97 Å². The number of rotatable bonds is 19. The number of hydrogen-bond donors (Lipinski definition) is 9. The van der Waals surface area contributed by atoms with E-state index in [4.69, 9.17) is 11.5 Å². The first-order valence-corrected chi connectivity index (χ1v) is 14.9. The molecule has 6 atom stereocenters. The van der Waals surface area contributed by atoms with Crippen molar-refractivity contribution in [3.05, 3.63) is 35.9 Å². The third-order valence-electron chi connectivity index (χ3n) is 6.75. The zero-order valence-electron chi connectivity index (χ0n) is 26.7. The molecule has 1 aromatic carbocycles. The molecule has 0 radical (unpaired) electrons. The Morgan fingerprint density at radius 3 is 1.67 bits per heavy atom. The standard InChI is InChI=1S/C30H47N7O9/c1-15(2)11-21(30(45)46)35-29(44)24(16(3)4)37-27(42)20(13-23(32)39)34-26(41)19(12-18-9-7-6-8-10-18)33-28(43)22(14-38)36-25(40)17(5)31/h6-10,15-17,19-22,24,38H,11-14,31H2,1-5H3,(H2,32,39)(H,33,43)(H,34,41)(H,35,44)(H,36,40)(H,37,42)(H,45,46). The van der Waals surface area contributed by atoms with E-state index in [1.54, 1.807) is 58.0 Å². The van der Waals surface area contributed by atoms with Crippen LogP contribution in [0.2, 0.25) is 0 Å². The number of carboxylic acid groups (broad SMARTS) is 1. The van der Waals surface area contributed by atoms with Crippen LogP contribution in [0, 0.1) is 11.8 Å². The number of carbonyl (C=O) groups is 7. The van der Waals surface area contributed by atoms with Gasteiger partial charge < -0.3 is 48.3 Å². The second kappa shape index (κ2) is 19.1. The fourth-order valence-corrected chi connectivity index (χ4v) is 4.25. The van der Waals surface area contributed by atoms with E-state index in [9.17, 15) is 43.8 Å². The van der Waals surface area contributed by atoms with Crippen molar-refractivity contribution >= 4 is 41.4 Å². The molecule has 11 N–H and O–H groups in total. The highest BCUT2D eigenvalue weighted by Gasteiger charge is 2.34. The van der Waals surface area contributed by atoms with Gasteiger partial charge in [-0.15, -0.1) is 0 Å². The smallest absolute Gasteiger partial charge is 0.326 e. The molecule has 0 aliphatic rings. The maximum Gasteiger partial charge on any atom is 0.326 e. The maximum absolute atomic E-state index is 13.5. The van der Waals surface area contributed by atoms with E-state index in [2.05, 4.69) is 26.6 Å². The minimum atomic E-state index is -1.59. The van der Waals surface area contributed by atoms with Gasteiger partial charge in [-0.2, -0.15) is 0 Å². The van der Waals surface area contributed by atoms with Crippen LogP contribution in [0.5, 0.6) is 0 Å². The molecule has 1 aromatic rings. The van der Waals surface area contributed by atoms with Crippen LogP contribution in [0.3, 0.4) is 0 Å². The van der Waals surface area contributed by atoms with E-state index in [1.807, 2.05) is 0 Å². The van der Waals surface area contributed by atoms with Crippen LogP contribution in [-0.2, 0) is 40.0 Å². The van der Waals surface area contributed by atoms with Crippen LogP contribution in [0.15, 0.2) is 30.3 Å². The van der Waals surface area contributed by atoms with Crippen LogP contribution in [0.1, 0.15) is 53.0 Å². The van der Waals surface area contributed by atoms with Crippen molar-refractivity contribution in [1.29, 1.82) is 0 Å². The molecule has 6 amide bonds. The lowest BCUT2D eigenvalue weighted by Crippen LogP contribution is -2.61. The minimum Gasteiger partial charge on any atom is -0.480 e. The average molecular weight is 650 g/mol. The molecular weight excluding hydrogens is 602 g/mol. The first-order chi connectivity index (χ1) is 21.5. The van der Waals surface area contributed by atoms with E-state index in [0.29, 0.717) is 5.56 Å². The number of primary amides is 1. The van der Waals surface area contributed by atoms with E-state index in [0.717, 1.165) is 0 Å². The molecule has 256 valence electrons.